The number of ether oxygens (including phenoxy) is 2. The number of H-pyrrole nitrogens is 1. The molecule has 1 aromatic heterocycles. The first-order valence-corrected chi connectivity index (χ1v) is 12.7. The molecular formula is C13H19IN5O6PS. The van der Waals surface area contributed by atoms with Crippen molar-refractivity contribution in [2.75, 3.05) is 22.6 Å². The molecule has 1 aromatic rings. The van der Waals surface area contributed by atoms with Gasteiger partial charge < -0.3 is 24.6 Å². The van der Waals surface area contributed by atoms with E-state index >= 15 is 0 Å². The summed E-state index contributed by atoms with van der Waals surface area (Å²) < 4.78 is 29.3. The summed E-state index contributed by atoms with van der Waals surface area (Å²) in [4.78, 5) is 29.0. The minimum atomic E-state index is -3.42. The fourth-order valence-corrected chi connectivity index (χ4v) is 6.58. The molecule has 2 bridgehead atoms. The third kappa shape index (κ3) is 3.27. The van der Waals surface area contributed by atoms with Crippen molar-refractivity contribution in [2.24, 2.45) is 3.15 Å². The number of aromatic amines is 1. The van der Waals surface area contributed by atoms with E-state index in [9.17, 15) is 9.69 Å². The molecular weight excluding hydrogens is 512 g/mol. The van der Waals surface area contributed by atoms with Crippen molar-refractivity contribution in [3.63, 3.8) is 0 Å². The molecule has 11 nitrogen and oxygen atoms in total. The van der Waals surface area contributed by atoms with Crippen LogP contribution in [-0.4, -0.2) is 52.6 Å². The molecule has 2 saturated heterocycles. The average molecular weight is 531 g/mol. The summed E-state index contributed by atoms with van der Waals surface area (Å²) in [6, 6.07) is 0. The number of nitrogens with one attached hydrogen (secondary N) is 1. The number of hydrogen-bond donors (Lipinski definition) is 3. The average Bonchev–Trinajstić information content (AvgIpc) is 3.09. The Hall–Kier alpha value is -0.540. The number of fused-ring (bicyclic) bond motifs is 3. The van der Waals surface area contributed by atoms with Crippen molar-refractivity contribution < 1.29 is 23.4 Å². The number of nitrogens with zero attached hydrogens (tertiary/aromatic N) is 3. The second-order valence-electron chi connectivity index (χ2n) is 6.28. The summed E-state index contributed by atoms with van der Waals surface area (Å²) in [6.45, 7) is -0.960. The van der Waals surface area contributed by atoms with Gasteiger partial charge in [0.15, 0.2) is 17.7 Å². The largest absolute Gasteiger partial charge is 0.371 e. The molecule has 0 radical (unpaired) electrons. The molecule has 4 heterocycles. The van der Waals surface area contributed by atoms with Crippen LogP contribution in [0, 0.1) is 0 Å². The van der Waals surface area contributed by atoms with Crippen LogP contribution in [0.25, 0.3) is 0 Å². The van der Waals surface area contributed by atoms with E-state index in [0.29, 0.717) is 25.3 Å². The van der Waals surface area contributed by atoms with E-state index in [2.05, 4.69) is 13.1 Å². The van der Waals surface area contributed by atoms with Gasteiger partial charge in [0.2, 0.25) is 5.95 Å². The Bertz CT molecular complexity index is 900. The maximum atomic E-state index is 12.1. The van der Waals surface area contributed by atoms with Gasteiger partial charge >= 0.3 is 6.72 Å². The van der Waals surface area contributed by atoms with Crippen molar-refractivity contribution in [3.8, 4) is 0 Å². The van der Waals surface area contributed by atoms with Crippen LogP contribution in [0.3, 0.4) is 0 Å². The smallest absolute Gasteiger partial charge is 0.324 e. The molecule has 0 amide bonds. The highest BCUT2D eigenvalue weighted by Crippen LogP contribution is 2.55. The summed E-state index contributed by atoms with van der Waals surface area (Å²) in [5.41, 5.74) is 4.88. The second-order valence-corrected chi connectivity index (χ2v) is 11.1. The van der Waals surface area contributed by atoms with Crippen molar-refractivity contribution in [1.29, 1.82) is 0 Å². The summed E-state index contributed by atoms with van der Waals surface area (Å²) in [6.07, 6.45) is -0.498. The lowest BCUT2D eigenvalue weighted by atomic mass is 9.87. The fourth-order valence-electron chi connectivity index (χ4n) is 3.52. The van der Waals surface area contributed by atoms with E-state index in [4.69, 9.17) is 36.1 Å². The molecule has 4 N–H and O–H groups in total. The van der Waals surface area contributed by atoms with Gasteiger partial charge in [0.25, 0.3) is 5.56 Å². The van der Waals surface area contributed by atoms with Crippen LogP contribution in [-0.2, 0) is 30.3 Å². The maximum Gasteiger partial charge on any atom is 0.324 e. The number of nitrogen functional groups attached to an aromatic ring is 1. The van der Waals surface area contributed by atoms with E-state index < -0.39 is 52.1 Å². The van der Waals surface area contributed by atoms with Gasteiger partial charge in [-0.25, -0.2) is 0 Å². The summed E-state index contributed by atoms with van der Waals surface area (Å²) in [7, 11) is 1.31. The molecule has 3 aliphatic heterocycles. The Morgan fingerprint density at radius 2 is 2.41 bits per heavy atom. The van der Waals surface area contributed by atoms with Gasteiger partial charge in [0, 0.05) is 13.5 Å². The highest BCUT2D eigenvalue weighted by Gasteiger charge is 2.61. The number of aromatic nitrogens is 2. The minimum absolute atomic E-state index is 0.00925. The molecule has 14 heteroatoms. The van der Waals surface area contributed by atoms with Gasteiger partial charge in [-0.2, -0.15) is 8.13 Å². The number of anilines is 2. The Balaban J connectivity index is 1.72. The predicted molar refractivity (Wildman–Crippen MR) is 108 cm³/mol. The van der Waals surface area contributed by atoms with E-state index in [-0.39, 0.29) is 17.2 Å². The molecule has 0 aliphatic carbocycles. The Morgan fingerprint density at radius 3 is 3.11 bits per heavy atom. The Labute approximate surface area is 170 Å². The van der Waals surface area contributed by atoms with E-state index in [1.165, 1.54) is 7.11 Å². The molecule has 150 valence electrons. The van der Waals surface area contributed by atoms with E-state index in [1.807, 2.05) is 10.0 Å². The normalized spacial score (nSPS) is 34.2. The van der Waals surface area contributed by atoms with Crippen molar-refractivity contribution in [3.05, 3.63) is 10.4 Å². The molecule has 0 spiro atoms. The molecule has 27 heavy (non-hydrogen) atoms. The lowest BCUT2D eigenvalue weighted by Crippen LogP contribution is -2.50. The zero-order chi connectivity index (χ0) is 19.4. The minimum Gasteiger partial charge on any atom is -0.371 e. The standard InChI is InChI=1S/C13H19IN5O6PS/c1-3-13-4-5-23-7(8(13)25-26(21,27)22-2)11(24-13)19-9-6(18-14-19)10(20)17-12(15)16-9/h7-8,11H,3-5H2,1-2H3,(H,21,27)(H3,15,16,17,20)/t7-,8?,11+,13?,26?/m0/s1. The lowest BCUT2D eigenvalue weighted by molar-refractivity contribution is -0.113. The van der Waals surface area contributed by atoms with Crippen LogP contribution in [0.2, 0.25) is 0 Å². The molecule has 3 unspecified atom stereocenters. The quantitative estimate of drug-likeness (QED) is 0.290. The molecule has 5 atom stereocenters. The van der Waals surface area contributed by atoms with Gasteiger partial charge in [-0.05, 0) is 18.2 Å². The first-order chi connectivity index (χ1) is 12.8. The molecule has 2 fully saturated rings. The zero-order valence-corrected chi connectivity index (χ0v) is 18.4. The van der Waals surface area contributed by atoms with Gasteiger partial charge in [-0.1, -0.05) is 6.92 Å². The SMILES string of the molecule is CCC12CCO[C@@H](C1OP(O)(=S)OC)[C@H](N1I=Nc3c1nc(N)[nH]c3=O)O2. The summed E-state index contributed by atoms with van der Waals surface area (Å²) in [5.74, 6) is 0.389. The van der Waals surface area contributed by atoms with E-state index in [1.54, 1.807) is 0 Å². The van der Waals surface area contributed by atoms with Crippen LogP contribution < -0.4 is 14.4 Å². The fraction of sp³-hybridized carbons (Fsp3) is 0.692. The van der Waals surface area contributed by atoms with Crippen LogP contribution >= 0.6 is 28.0 Å². The van der Waals surface area contributed by atoms with Crippen LogP contribution in [0.1, 0.15) is 19.8 Å². The third-order valence-electron chi connectivity index (χ3n) is 4.89. The number of halogens is 1. The molecule has 0 aromatic carbocycles. The first kappa shape index (κ1) is 19.8. The first-order valence-electron chi connectivity index (χ1n) is 8.21. The highest BCUT2D eigenvalue weighted by molar-refractivity contribution is 14.2. The van der Waals surface area contributed by atoms with Crippen molar-refractivity contribution >= 4 is 57.3 Å². The Morgan fingerprint density at radius 1 is 1.63 bits per heavy atom. The monoisotopic (exact) mass is 531 g/mol. The van der Waals surface area contributed by atoms with Gasteiger partial charge in [0.1, 0.15) is 39.1 Å². The zero-order valence-electron chi connectivity index (χ0n) is 14.5. The van der Waals surface area contributed by atoms with Crippen LogP contribution in [0.4, 0.5) is 17.5 Å². The van der Waals surface area contributed by atoms with Crippen LogP contribution in [0.5, 0.6) is 0 Å². The topological polar surface area (TPSA) is 145 Å². The maximum absolute atomic E-state index is 12.1. The molecule has 0 saturated carbocycles. The Kier molecular flexibility index (Phi) is 5.17. The van der Waals surface area contributed by atoms with Crippen molar-refractivity contribution in [1.82, 2.24) is 9.97 Å². The number of nitrogens with two attached hydrogens (primary N) is 1. The number of rotatable bonds is 5. The van der Waals surface area contributed by atoms with Gasteiger partial charge in [-0.3, -0.25) is 17.4 Å². The van der Waals surface area contributed by atoms with Gasteiger partial charge in [0.05, 0.1) is 6.61 Å². The highest BCUT2D eigenvalue weighted by atomic mass is 127. The van der Waals surface area contributed by atoms with Crippen LogP contribution in [0.15, 0.2) is 7.94 Å². The number of hydrogen-bond acceptors (Lipinski definition) is 10. The molecule has 3 aliphatic rings. The third-order valence-corrected chi connectivity index (χ3v) is 8.72. The predicted octanol–water partition coefficient (Wildman–Crippen LogP) is 1.42. The molecule has 4 rings (SSSR count). The van der Waals surface area contributed by atoms with E-state index in [0.717, 1.165) is 0 Å². The van der Waals surface area contributed by atoms with Gasteiger partial charge in [-0.15, -0.1) is 0 Å². The van der Waals surface area contributed by atoms with Crippen molar-refractivity contribution in [2.45, 2.75) is 43.8 Å². The lowest BCUT2D eigenvalue weighted by Gasteiger charge is -2.38. The second kappa shape index (κ2) is 7.06. The summed E-state index contributed by atoms with van der Waals surface area (Å²) >= 11 is 4.08. The summed E-state index contributed by atoms with van der Waals surface area (Å²) in [5, 5.41) is 0.